The number of nitrogens with one attached hydrogen (secondary N) is 1. The molecule has 4 heteroatoms. The van der Waals surface area contributed by atoms with Crippen molar-refractivity contribution in [2.24, 2.45) is 0 Å². The summed E-state index contributed by atoms with van der Waals surface area (Å²) >= 11 is 9.34. The van der Waals surface area contributed by atoms with E-state index >= 15 is 0 Å². The van der Waals surface area contributed by atoms with Gasteiger partial charge in [-0.3, -0.25) is 0 Å². The predicted octanol–water partition coefficient (Wildman–Crippen LogP) is 5.16. The van der Waals surface area contributed by atoms with Crippen molar-refractivity contribution in [3.05, 3.63) is 62.8 Å². The van der Waals surface area contributed by atoms with E-state index in [4.69, 9.17) is 11.6 Å². The first-order valence-electron chi connectivity index (χ1n) is 5.50. The molecule has 0 spiro atoms. The number of aryl methyl sites for hydroxylation is 1. The van der Waals surface area contributed by atoms with Gasteiger partial charge in [-0.2, -0.15) is 0 Å². The van der Waals surface area contributed by atoms with Gasteiger partial charge in [0.05, 0.1) is 5.69 Å². The quantitative estimate of drug-likeness (QED) is 0.820. The Morgan fingerprint density at radius 1 is 1.22 bits per heavy atom. The predicted molar refractivity (Wildman–Crippen MR) is 77.6 cm³/mol. The molecule has 2 aromatic carbocycles. The lowest BCUT2D eigenvalue weighted by Crippen LogP contribution is -2.02. The van der Waals surface area contributed by atoms with E-state index in [-0.39, 0.29) is 5.82 Å². The van der Waals surface area contributed by atoms with Crippen LogP contribution in [0.1, 0.15) is 11.1 Å². The summed E-state index contributed by atoms with van der Waals surface area (Å²) in [5.74, 6) is -0.203. The third-order valence-corrected chi connectivity index (χ3v) is 3.53. The van der Waals surface area contributed by atoms with Gasteiger partial charge in [-0.25, -0.2) is 4.39 Å². The molecule has 0 aliphatic heterocycles. The summed E-state index contributed by atoms with van der Waals surface area (Å²) in [6.07, 6.45) is 0. The highest BCUT2D eigenvalue weighted by Gasteiger charge is 2.04. The molecule has 0 atom stereocenters. The van der Waals surface area contributed by atoms with E-state index in [1.165, 1.54) is 6.07 Å². The molecule has 0 fully saturated rings. The molecule has 1 N–H and O–H groups in total. The summed E-state index contributed by atoms with van der Waals surface area (Å²) in [7, 11) is 0. The van der Waals surface area contributed by atoms with Crippen molar-refractivity contribution in [1.29, 1.82) is 0 Å². The average molecular weight is 329 g/mol. The zero-order valence-electron chi connectivity index (χ0n) is 9.81. The zero-order chi connectivity index (χ0) is 13.1. The first-order chi connectivity index (χ1) is 8.56. The van der Waals surface area contributed by atoms with Gasteiger partial charge >= 0.3 is 0 Å². The van der Waals surface area contributed by atoms with E-state index in [1.54, 1.807) is 18.2 Å². The lowest BCUT2D eigenvalue weighted by atomic mass is 10.1. The topological polar surface area (TPSA) is 12.0 Å². The molecule has 0 amide bonds. The first-order valence-corrected chi connectivity index (χ1v) is 6.67. The van der Waals surface area contributed by atoms with Crippen LogP contribution in [-0.2, 0) is 6.54 Å². The second kappa shape index (κ2) is 5.72. The largest absolute Gasteiger partial charge is 0.380 e. The number of anilines is 1. The standard InChI is InChI=1S/C14H12BrClFN/c1-9-2-5-13(17)10(6-9)8-18-14-7-11(16)3-4-12(14)15/h2-7,18H,8H2,1H3. The van der Waals surface area contributed by atoms with Crippen LogP contribution in [0.2, 0.25) is 5.02 Å². The molecule has 0 bridgehead atoms. The van der Waals surface area contributed by atoms with Crippen molar-refractivity contribution in [1.82, 2.24) is 0 Å². The molecule has 0 aromatic heterocycles. The molecule has 0 heterocycles. The molecule has 18 heavy (non-hydrogen) atoms. The Morgan fingerprint density at radius 2 is 2.00 bits per heavy atom. The molecule has 94 valence electrons. The molecule has 2 aromatic rings. The highest BCUT2D eigenvalue weighted by molar-refractivity contribution is 9.10. The summed E-state index contributed by atoms with van der Waals surface area (Å²) in [6.45, 7) is 2.37. The minimum atomic E-state index is -0.203. The van der Waals surface area contributed by atoms with Crippen LogP contribution in [0.4, 0.5) is 10.1 Å². The molecule has 0 saturated heterocycles. The van der Waals surface area contributed by atoms with E-state index in [1.807, 2.05) is 19.1 Å². The van der Waals surface area contributed by atoms with Gasteiger partial charge in [-0.1, -0.05) is 29.3 Å². The number of hydrogen-bond donors (Lipinski definition) is 1. The molecular weight excluding hydrogens is 317 g/mol. The van der Waals surface area contributed by atoms with Gasteiger partial charge in [0.15, 0.2) is 0 Å². The van der Waals surface area contributed by atoms with Crippen molar-refractivity contribution in [2.45, 2.75) is 13.5 Å². The second-order valence-corrected chi connectivity index (χ2v) is 5.36. The maximum absolute atomic E-state index is 13.6. The van der Waals surface area contributed by atoms with Crippen LogP contribution in [0.3, 0.4) is 0 Å². The maximum Gasteiger partial charge on any atom is 0.128 e. The number of hydrogen-bond acceptors (Lipinski definition) is 1. The van der Waals surface area contributed by atoms with Crippen molar-refractivity contribution in [3.63, 3.8) is 0 Å². The number of benzene rings is 2. The summed E-state index contributed by atoms with van der Waals surface area (Å²) in [4.78, 5) is 0. The zero-order valence-corrected chi connectivity index (χ0v) is 12.1. The summed E-state index contributed by atoms with van der Waals surface area (Å²) in [5, 5.41) is 3.81. The fraction of sp³-hybridized carbons (Fsp3) is 0.143. The number of rotatable bonds is 3. The summed E-state index contributed by atoms with van der Waals surface area (Å²) in [6, 6.07) is 10.5. The fourth-order valence-corrected chi connectivity index (χ4v) is 2.22. The van der Waals surface area contributed by atoms with E-state index in [9.17, 15) is 4.39 Å². The lowest BCUT2D eigenvalue weighted by molar-refractivity contribution is 0.612. The van der Waals surface area contributed by atoms with E-state index in [0.29, 0.717) is 17.1 Å². The molecule has 0 radical (unpaired) electrons. The van der Waals surface area contributed by atoms with Crippen LogP contribution < -0.4 is 5.32 Å². The van der Waals surface area contributed by atoms with E-state index < -0.39 is 0 Å². The lowest BCUT2D eigenvalue weighted by Gasteiger charge is -2.10. The molecular formula is C14H12BrClFN. The van der Waals surface area contributed by atoms with Gasteiger partial charge in [0.25, 0.3) is 0 Å². The van der Waals surface area contributed by atoms with Gasteiger partial charge < -0.3 is 5.32 Å². The molecule has 0 saturated carbocycles. The third-order valence-electron chi connectivity index (χ3n) is 2.60. The van der Waals surface area contributed by atoms with Gasteiger partial charge in [0, 0.05) is 21.6 Å². The Kier molecular flexibility index (Phi) is 4.25. The summed E-state index contributed by atoms with van der Waals surface area (Å²) < 4.78 is 14.5. The fourth-order valence-electron chi connectivity index (χ4n) is 1.66. The minimum absolute atomic E-state index is 0.203. The van der Waals surface area contributed by atoms with Crippen LogP contribution >= 0.6 is 27.5 Å². The molecule has 0 aliphatic carbocycles. The highest BCUT2D eigenvalue weighted by atomic mass is 79.9. The average Bonchev–Trinajstić information content (AvgIpc) is 2.34. The Morgan fingerprint density at radius 3 is 2.78 bits per heavy atom. The van der Waals surface area contributed by atoms with Crippen molar-refractivity contribution in [2.75, 3.05) is 5.32 Å². The Hall–Kier alpha value is -1.06. The van der Waals surface area contributed by atoms with Crippen LogP contribution in [0, 0.1) is 12.7 Å². The number of halogens is 3. The maximum atomic E-state index is 13.6. The Labute approximate surface area is 119 Å². The van der Waals surface area contributed by atoms with Crippen molar-refractivity contribution < 1.29 is 4.39 Å². The monoisotopic (exact) mass is 327 g/mol. The molecule has 0 aliphatic rings. The van der Waals surface area contributed by atoms with Crippen LogP contribution in [-0.4, -0.2) is 0 Å². The van der Waals surface area contributed by atoms with Gasteiger partial charge in [-0.05, 0) is 47.1 Å². The molecule has 1 nitrogen and oxygen atoms in total. The van der Waals surface area contributed by atoms with Crippen LogP contribution in [0.25, 0.3) is 0 Å². The third kappa shape index (κ3) is 3.24. The first kappa shape index (κ1) is 13.4. The van der Waals surface area contributed by atoms with Crippen LogP contribution in [0.5, 0.6) is 0 Å². The van der Waals surface area contributed by atoms with E-state index in [0.717, 1.165) is 15.7 Å². The SMILES string of the molecule is Cc1ccc(F)c(CNc2cc(Cl)ccc2Br)c1. The minimum Gasteiger partial charge on any atom is -0.380 e. The normalized spacial score (nSPS) is 10.4. The highest BCUT2D eigenvalue weighted by Crippen LogP contribution is 2.26. The van der Waals surface area contributed by atoms with E-state index in [2.05, 4.69) is 21.2 Å². The van der Waals surface area contributed by atoms with Crippen LogP contribution in [0.15, 0.2) is 40.9 Å². The van der Waals surface area contributed by atoms with Gasteiger partial charge in [0.1, 0.15) is 5.82 Å². The Bertz CT molecular complexity index is 520. The molecule has 2 rings (SSSR count). The Balaban J connectivity index is 2.16. The molecule has 0 unspecified atom stereocenters. The van der Waals surface area contributed by atoms with Crippen molar-refractivity contribution >= 4 is 33.2 Å². The van der Waals surface area contributed by atoms with Crippen molar-refractivity contribution in [3.8, 4) is 0 Å². The van der Waals surface area contributed by atoms with Gasteiger partial charge in [0.2, 0.25) is 0 Å². The smallest absolute Gasteiger partial charge is 0.128 e. The summed E-state index contributed by atoms with van der Waals surface area (Å²) in [5.41, 5.74) is 2.53. The van der Waals surface area contributed by atoms with Gasteiger partial charge in [-0.15, -0.1) is 0 Å². The second-order valence-electron chi connectivity index (χ2n) is 4.07.